The molecule has 92 valence electrons. The van der Waals surface area contributed by atoms with E-state index in [9.17, 15) is 0 Å². The Morgan fingerprint density at radius 1 is 0.842 bits per heavy atom. The Hall–Kier alpha value is -2.08. The van der Waals surface area contributed by atoms with Gasteiger partial charge in [0.1, 0.15) is 0 Å². The molecule has 0 N–H and O–H groups in total. The third-order valence-electron chi connectivity index (χ3n) is 4.52. The van der Waals surface area contributed by atoms with Crippen LogP contribution >= 0.6 is 0 Å². The van der Waals surface area contributed by atoms with Crippen LogP contribution in [0.15, 0.2) is 48.5 Å². The lowest BCUT2D eigenvalue weighted by Crippen LogP contribution is -1.89. The quantitative estimate of drug-likeness (QED) is 0.407. The third-order valence-corrected chi connectivity index (χ3v) is 4.52. The van der Waals surface area contributed by atoms with Crippen LogP contribution in [0.25, 0.3) is 21.9 Å². The molecule has 4 rings (SSSR count). The fourth-order valence-corrected chi connectivity index (χ4v) is 3.31. The smallest absolute Gasteiger partial charge is 0.00105 e. The van der Waals surface area contributed by atoms with E-state index in [0.29, 0.717) is 0 Å². The lowest BCUT2D eigenvalue weighted by Gasteiger charge is -2.09. The second kappa shape index (κ2) is 3.71. The molecule has 19 heavy (non-hydrogen) atoms. The molecule has 0 saturated carbocycles. The zero-order valence-corrected chi connectivity index (χ0v) is 11.3. The van der Waals surface area contributed by atoms with Crippen molar-refractivity contribution in [3.8, 4) is 11.1 Å². The molecule has 0 spiro atoms. The standard InChI is InChI=1S/C19H16/c1-12-7-10-17-18(13(12)2)11-15-9-8-14-5-3-4-6-16(14)19(15)17/h3-10H,11H2,1-2H3. The van der Waals surface area contributed by atoms with E-state index in [-0.39, 0.29) is 0 Å². The number of hydrogen-bond donors (Lipinski definition) is 0. The van der Waals surface area contributed by atoms with Crippen LogP contribution in [0.2, 0.25) is 0 Å². The highest BCUT2D eigenvalue weighted by atomic mass is 14.3. The zero-order valence-electron chi connectivity index (χ0n) is 11.3. The van der Waals surface area contributed by atoms with Crippen LogP contribution in [0.5, 0.6) is 0 Å². The first-order valence-corrected chi connectivity index (χ1v) is 6.86. The molecule has 3 aromatic carbocycles. The molecular weight excluding hydrogens is 228 g/mol. The molecule has 0 heterocycles. The van der Waals surface area contributed by atoms with Gasteiger partial charge in [-0.2, -0.15) is 0 Å². The summed E-state index contributed by atoms with van der Waals surface area (Å²) in [5, 5.41) is 2.73. The van der Waals surface area contributed by atoms with E-state index in [1.165, 1.54) is 44.2 Å². The Morgan fingerprint density at radius 2 is 1.68 bits per heavy atom. The van der Waals surface area contributed by atoms with Crippen LogP contribution in [0, 0.1) is 13.8 Å². The molecule has 0 unspecified atom stereocenters. The van der Waals surface area contributed by atoms with Crippen LogP contribution < -0.4 is 0 Å². The second-order valence-electron chi connectivity index (χ2n) is 5.53. The van der Waals surface area contributed by atoms with Crippen molar-refractivity contribution in [3.63, 3.8) is 0 Å². The van der Waals surface area contributed by atoms with Gasteiger partial charge < -0.3 is 0 Å². The van der Waals surface area contributed by atoms with E-state index in [0.717, 1.165) is 6.42 Å². The largest absolute Gasteiger partial charge is 0.0616 e. The number of hydrogen-bond acceptors (Lipinski definition) is 0. The van der Waals surface area contributed by atoms with Gasteiger partial charge in [-0.3, -0.25) is 0 Å². The minimum Gasteiger partial charge on any atom is -0.0616 e. The van der Waals surface area contributed by atoms with E-state index in [1.54, 1.807) is 0 Å². The van der Waals surface area contributed by atoms with Gasteiger partial charge in [-0.25, -0.2) is 0 Å². The average molecular weight is 244 g/mol. The van der Waals surface area contributed by atoms with Gasteiger partial charge in [0.2, 0.25) is 0 Å². The monoisotopic (exact) mass is 244 g/mol. The molecule has 0 radical (unpaired) electrons. The molecule has 0 amide bonds. The summed E-state index contributed by atoms with van der Waals surface area (Å²) in [6.07, 6.45) is 1.09. The minimum absolute atomic E-state index is 1.09. The first-order valence-electron chi connectivity index (χ1n) is 6.86. The maximum absolute atomic E-state index is 2.30. The van der Waals surface area contributed by atoms with Crippen LogP contribution in [-0.4, -0.2) is 0 Å². The molecule has 0 atom stereocenters. The minimum atomic E-state index is 1.09. The van der Waals surface area contributed by atoms with E-state index in [2.05, 4.69) is 62.4 Å². The average Bonchev–Trinajstić information content (AvgIpc) is 2.83. The fraction of sp³-hybridized carbons (Fsp3) is 0.158. The summed E-state index contributed by atoms with van der Waals surface area (Å²) in [7, 11) is 0. The van der Waals surface area contributed by atoms with Crippen LogP contribution in [0.1, 0.15) is 22.3 Å². The molecule has 0 heteroatoms. The maximum Gasteiger partial charge on any atom is -0.00105 e. The van der Waals surface area contributed by atoms with E-state index >= 15 is 0 Å². The van der Waals surface area contributed by atoms with Gasteiger partial charge in [0, 0.05) is 0 Å². The van der Waals surface area contributed by atoms with Crippen molar-refractivity contribution < 1.29 is 0 Å². The van der Waals surface area contributed by atoms with Gasteiger partial charge in [0.25, 0.3) is 0 Å². The van der Waals surface area contributed by atoms with Crippen LogP contribution in [-0.2, 0) is 6.42 Å². The summed E-state index contributed by atoms with van der Waals surface area (Å²) in [4.78, 5) is 0. The molecule has 0 aromatic heterocycles. The van der Waals surface area contributed by atoms with Crippen molar-refractivity contribution >= 4 is 10.8 Å². The van der Waals surface area contributed by atoms with Crippen LogP contribution in [0.4, 0.5) is 0 Å². The summed E-state index contributed by atoms with van der Waals surface area (Å²) in [6, 6.07) is 17.8. The lowest BCUT2D eigenvalue weighted by molar-refractivity contribution is 1.19. The van der Waals surface area contributed by atoms with Gasteiger partial charge in [-0.15, -0.1) is 0 Å². The van der Waals surface area contributed by atoms with Gasteiger partial charge in [-0.1, -0.05) is 48.5 Å². The van der Waals surface area contributed by atoms with Gasteiger partial charge in [-0.05, 0) is 64.4 Å². The normalized spacial score (nSPS) is 12.5. The van der Waals surface area contributed by atoms with Crippen molar-refractivity contribution in [3.05, 3.63) is 70.8 Å². The number of aryl methyl sites for hydroxylation is 1. The zero-order chi connectivity index (χ0) is 13.0. The predicted octanol–water partition coefficient (Wildman–Crippen LogP) is 5.03. The maximum atomic E-state index is 2.30. The number of fused-ring (bicyclic) bond motifs is 5. The Balaban J connectivity index is 2.13. The second-order valence-corrected chi connectivity index (χ2v) is 5.53. The summed E-state index contributed by atoms with van der Waals surface area (Å²) >= 11 is 0. The van der Waals surface area contributed by atoms with E-state index in [1.807, 2.05) is 0 Å². The summed E-state index contributed by atoms with van der Waals surface area (Å²) in [5.74, 6) is 0. The van der Waals surface area contributed by atoms with Crippen LogP contribution in [0.3, 0.4) is 0 Å². The van der Waals surface area contributed by atoms with Gasteiger partial charge >= 0.3 is 0 Å². The van der Waals surface area contributed by atoms with E-state index < -0.39 is 0 Å². The first-order chi connectivity index (χ1) is 9.25. The van der Waals surface area contributed by atoms with Crippen molar-refractivity contribution in [2.45, 2.75) is 20.3 Å². The molecule has 0 fully saturated rings. The lowest BCUT2D eigenvalue weighted by atomic mass is 9.96. The molecule has 1 aliphatic rings. The van der Waals surface area contributed by atoms with E-state index in [4.69, 9.17) is 0 Å². The Labute approximate surface area is 113 Å². The highest BCUT2D eigenvalue weighted by molar-refractivity contribution is 6.01. The molecule has 0 bridgehead atoms. The van der Waals surface area contributed by atoms with Crippen molar-refractivity contribution in [1.29, 1.82) is 0 Å². The van der Waals surface area contributed by atoms with Crippen molar-refractivity contribution in [2.75, 3.05) is 0 Å². The number of rotatable bonds is 0. The molecule has 0 saturated heterocycles. The molecule has 0 aliphatic heterocycles. The predicted molar refractivity (Wildman–Crippen MR) is 81.7 cm³/mol. The topological polar surface area (TPSA) is 0 Å². The Morgan fingerprint density at radius 3 is 2.58 bits per heavy atom. The van der Waals surface area contributed by atoms with Gasteiger partial charge in [0.15, 0.2) is 0 Å². The molecule has 3 aromatic rings. The highest BCUT2D eigenvalue weighted by Gasteiger charge is 2.22. The fourth-order valence-electron chi connectivity index (χ4n) is 3.31. The first kappa shape index (κ1) is 10.8. The summed E-state index contributed by atoms with van der Waals surface area (Å²) < 4.78 is 0. The summed E-state index contributed by atoms with van der Waals surface area (Å²) in [6.45, 7) is 4.46. The molecule has 0 nitrogen and oxygen atoms in total. The highest BCUT2D eigenvalue weighted by Crippen LogP contribution is 2.42. The Bertz CT molecular complexity index is 810. The SMILES string of the molecule is Cc1ccc2c(c1C)Cc1ccc3ccccc3c1-2. The summed E-state index contributed by atoms with van der Waals surface area (Å²) in [5.41, 5.74) is 8.74. The number of benzene rings is 3. The van der Waals surface area contributed by atoms with Crippen molar-refractivity contribution in [1.82, 2.24) is 0 Å². The third kappa shape index (κ3) is 1.40. The van der Waals surface area contributed by atoms with Crippen molar-refractivity contribution in [2.24, 2.45) is 0 Å². The van der Waals surface area contributed by atoms with Gasteiger partial charge in [0.05, 0.1) is 0 Å². The molecule has 1 aliphatic carbocycles. The molecular formula is C19H16. The Kier molecular flexibility index (Phi) is 2.11.